The van der Waals surface area contributed by atoms with Crippen molar-refractivity contribution < 1.29 is 79.9 Å². The van der Waals surface area contributed by atoms with Crippen molar-refractivity contribution in [3.63, 3.8) is 0 Å². The van der Waals surface area contributed by atoms with Crippen LogP contribution in [0.2, 0.25) is 0 Å². The first-order chi connectivity index (χ1) is 15.9. The molecule has 34 heavy (non-hydrogen) atoms. The van der Waals surface area contributed by atoms with Crippen molar-refractivity contribution in [2.24, 2.45) is 0 Å². The van der Waals surface area contributed by atoms with Gasteiger partial charge in [-0.3, -0.25) is 0 Å². The van der Waals surface area contributed by atoms with Crippen molar-refractivity contribution in [2.45, 2.75) is 98.7 Å². The van der Waals surface area contributed by atoms with Crippen LogP contribution in [0, 0.1) is 0 Å². The number of hydrogen-bond acceptors (Lipinski definition) is 16. The van der Waals surface area contributed by atoms with Crippen LogP contribution in [0.4, 0.5) is 0 Å². The lowest BCUT2D eigenvalue weighted by atomic mass is 9.95. The summed E-state index contributed by atoms with van der Waals surface area (Å²) in [6.07, 6.45) is -24.7. The molecule has 0 aromatic carbocycles. The Morgan fingerprint density at radius 3 is 1.79 bits per heavy atom. The number of rotatable bonds is 6. The second-order valence-corrected chi connectivity index (χ2v) is 8.57. The maximum absolute atomic E-state index is 10.6. The molecule has 200 valence electrons. The molecular weight excluding hydrogens is 472 g/mol. The molecule has 16 nitrogen and oxygen atoms in total. The van der Waals surface area contributed by atoms with Crippen LogP contribution >= 0.6 is 0 Å². The number of ether oxygens (including phenoxy) is 5. The van der Waals surface area contributed by atoms with Gasteiger partial charge >= 0.3 is 0 Å². The van der Waals surface area contributed by atoms with E-state index in [-0.39, 0.29) is 0 Å². The lowest BCUT2D eigenvalue weighted by Gasteiger charge is -2.49. The van der Waals surface area contributed by atoms with E-state index in [1.807, 2.05) is 0 Å². The summed E-state index contributed by atoms with van der Waals surface area (Å²) in [5.41, 5.74) is 0. The van der Waals surface area contributed by atoms with Crippen LogP contribution in [0.3, 0.4) is 0 Å². The average molecular weight is 504 g/mol. The molecule has 15 atom stereocenters. The highest BCUT2D eigenvalue weighted by Crippen LogP contribution is 2.35. The van der Waals surface area contributed by atoms with Gasteiger partial charge in [0.15, 0.2) is 24.7 Å². The Bertz CT molecular complexity index is 666. The quantitative estimate of drug-likeness (QED) is 0.160. The van der Waals surface area contributed by atoms with Crippen LogP contribution in [0.15, 0.2) is 0 Å². The van der Waals surface area contributed by atoms with Crippen LogP contribution in [-0.4, -0.2) is 161 Å². The van der Waals surface area contributed by atoms with E-state index in [0.29, 0.717) is 0 Å². The first kappa shape index (κ1) is 27.9. The van der Waals surface area contributed by atoms with Gasteiger partial charge in [-0.15, -0.1) is 0 Å². The maximum Gasteiger partial charge on any atom is 0.200 e. The van der Waals surface area contributed by atoms with Gasteiger partial charge in [-0.2, -0.15) is 0 Å². The van der Waals surface area contributed by atoms with Crippen LogP contribution in [-0.2, 0) is 23.7 Å². The molecule has 3 rings (SSSR count). The molecule has 0 saturated carbocycles. The van der Waals surface area contributed by atoms with E-state index in [9.17, 15) is 56.2 Å². The zero-order chi connectivity index (χ0) is 25.5. The highest BCUT2D eigenvalue weighted by molar-refractivity contribution is 4.96. The molecule has 11 N–H and O–H groups in total. The second-order valence-electron chi connectivity index (χ2n) is 8.57. The van der Waals surface area contributed by atoms with Gasteiger partial charge in [0.2, 0.25) is 0 Å². The molecular formula is C18H32O16. The zero-order valence-corrected chi connectivity index (χ0v) is 18.0. The van der Waals surface area contributed by atoms with Gasteiger partial charge in [0, 0.05) is 0 Å². The summed E-state index contributed by atoms with van der Waals surface area (Å²) in [5, 5.41) is 110. The predicted molar refractivity (Wildman–Crippen MR) is 101 cm³/mol. The highest BCUT2D eigenvalue weighted by atomic mass is 16.8. The van der Waals surface area contributed by atoms with Crippen LogP contribution in [0.25, 0.3) is 0 Å². The molecule has 3 aliphatic heterocycles. The van der Waals surface area contributed by atoms with Gasteiger partial charge in [0.05, 0.1) is 13.2 Å². The average Bonchev–Trinajstić information content (AvgIpc) is 2.81. The summed E-state index contributed by atoms with van der Waals surface area (Å²) in [6.45, 7) is -0.525. The molecule has 0 bridgehead atoms. The van der Waals surface area contributed by atoms with Gasteiger partial charge in [-0.05, 0) is 6.92 Å². The Labute approximate surface area is 192 Å². The van der Waals surface area contributed by atoms with Crippen LogP contribution < -0.4 is 0 Å². The lowest BCUT2D eigenvalue weighted by Crippen LogP contribution is -2.68. The molecule has 16 heteroatoms. The Kier molecular flexibility index (Phi) is 8.85. The smallest absolute Gasteiger partial charge is 0.200 e. The summed E-state index contributed by atoms with van der Waals surface area (Å²) in [6, 6.07) is 0. The van der Waals surface area contributed by atoms with E-state index >= 15 is 0 Å². The molecule has 3 saturated heterocycles. The molecule has 3 unspecified atom stereocenters. The third-order valence-electron chi connectivity index (χ3n) is 6.17. The molecule has 3 heterocycles. The zero-order valence-electron chi connectivity index (χ0n) is 18.0. The summed E-state index contributed by atoms with van der Waals surface area (Å²) in [5.74, 6) is -2.24. The van der Waals surface area contributed by atoms with Crippen molar-refractivity contribution in [3.05, 3.63) is 0 Å². The van der Waals surface area contributed by atoms with Crippen LogP contribution in [0.5, 0.6) is 0 Å². The second kappa shape index (κ2) is 10.8. The molecule has 0 radical (unpaired) electrons. The minimum absolute atomic E-state index is 0.746. The fourth-order valence-electron chi connectivity index (χ4n) is 4.03. The van der Waals surface area contributed by atoms with Gasteiger partial charge in [0.1, 0.15) is 67.1 Å². The topological polar surface area (TPSA) is 269 Å². The summed E-state index contributed by atoms with van der Waals surface area (Å²) >= 11 is 0. The van der Waals surface area contributed by atoms with Crippen molar-refractivity contribution in [1.82, 2.24) is 0 Å². The number of hydrogen-bond donors (Lipinski definition) is 11. The third-order valence-corrected chi connectivity index (χ3v) is 6.17. The molecule has 3 fully saturated rings. The Balaban J connectivity index is 1.73. The monoisotopic (exact) mass is 504 g/mol. The molecule has 0 amide bonds. The van der Waals surface area contributed by atoms with Crippen molar-refractivity contribution in [1.29, 1.82) is 0 Å². The normalized spacial score (nSPS) is 54.7. The number of aliphatic hydroxyl groups excluding tert-OH is 11. The van der Waals surface area contributed by atoms with Gasteiger partial charge in [0.25, 0.3) is 0 Å². The fraction of sp³-hybridized carbons (Fsp3) is 1.00. The third kappa shape index (κ3) is 5.09. The van der Waals surface area contributed by atoms with E-state index in [1.165, 1.54) is 0 Å². The molecule has 0 spiro atoms. The van der Waals surface area contributed by atoms with Crippen molar-refractivity contribution in [3.8, 4) is 0 Å². The fourth-order valence-corrected chi connectivity index (χ4v) is 4.03. The SMILES string of the molecule is C[C@]1(OC2O[C@H](CO)[C@@H](O[C@@H]3O[C@H](CO)[C@H](O)[C@H](O)[C@H]3O)[C@H](O)C2O)OC(O)[C@@H](O)[C@H](O)[C@@H]1O. The molecule has 0 aromatic rings. The standard InChI is InChI=1S/C18H32O16/c1-18(14(28)9(24)10(25)15(29)33-18)34-17-12(27)8(23)13(5(3-20)31-17)32-16-11(26)7(22)6(21)4(2-19)30-16/h4-17,19-29H,2-3H2,1H3/t4-,5-,6+,7+,8-,9+,10+,11-,12?,13-,14+,15?,16+,17?,18-/m1/s1. The Morgan fingerprint density at radius 1 is 0.647 bits per heavy atom. The molecule has 0 aromatic heterocycles. The minimum Gasteiger partial charge on any atom is -0.394 e. The van der Waals surface area contributed by atoms with Crippen molar-refractivity contribution >= 4 is 0 Å². The van der Waals surface area contributed by atoms with E-state index in [2.05, 4.69) is 0 Å². The highest BCUT2D eigenvalue weighted by Gasteiger charge is 2.56. The number of aliphatic hydroxyl groups is 11. The first-order valence-corrected chi connectivity index (χ1v) is 10.5. The summed E-state index contributed by atoms with van der Waals surface area (Å²) < 4.78 is 26.4. The van der Waals surface area contributed by atoms with E-state index in [1.54, 1.807) is 0 Å². The van der Waals surface area contributed by atoms with E-state index in [4.69, 9.17) is 23.7 Å². The van der Waals surface area contributed by atoms with E-state index < -0.39 is 105 Å². The maximum atomic E-state index is 10.6. The van der Waals surface area contributed by atoms with E-state index in [0.717, 1.165) is 6.92 Å². The summed E-state index contributed by atoms with van der Waals surface area (Å²) in [7, 11) is 0. The largest absolute Gasteiger partial charge is 0.394 e. The van der Waals surface area contributed by atoms with Gasteiger partial charge in [-0.25, -0.2) is 0 Å². The lowest BCUT2D eigenvalue weighted by molar-refractivity contribution is -0.439. The van der Waals surface area contributed by atoms with Crippen LogP contribution in [0.1, 0.15) is 6.92 Å². The Hall–Kier alpha value is -0.640. The molecule has 0 aliphatic carbocycles. The predicted octanol–water partition coefficient (Wildman–Crippen LogP) is -7.23. The molecule has 3 aliphatic rings. The van der Waals surface area contributed by atoms with Gasteiger partial charge < -0.3 is 79.9 Å². The van der Waals surface area contributed by atoms with Gasteiger partial charge in [-0.1, -0.05) is 0 Å². The minimum atomic E-state index is -2.24. The van der Waals surface area contributed by atoms with Crippen molar-refractivity contribution in [2.75, 3.05) is 13.2 Å². The summed E-state index contributed by atoms with van der Waals surface area (Å²) in [4.78, 5) is 0. The first-order valence-electron chi connectivity index (χ1n) is 10.5. The Morgan fingerprint density at radius 2 is 1.21 bits per heavy atom.